The van der Waals surface area contributed by atoms with Gasteiger partial charge in [0.2, 0.25) is 0 Å². The average molecular weight is 238 g/mol. The van der Waals surface area contributed by atoms with Gasteiger partial charge >= 0.3 is 6.18 Å². The van der Waals surface area contributed by atoms with Crippen molar-refractivity contribution in [1.29, 1.82) is 5.26 Å². The summed E-state index contributed by atoms with van der Waals surface area (Å²) in [5, 5.41) is 11.3. The molecule has 1 aromatic carbocycles. The molecule has 0 saturated heterocycles. The number of alkyl halides is 3. The van der Waals surface area contributed by atoms with Gasteiger partial charge in [0.25, 0.3) is 0 Å². The SMILES string of the molecule is CNCC#Cc1ccc(C#N)c(C(F)(F)F)c1. The van der Waals surface area contributed by atoms with Gasteiger partial charge in [-0.15, -0.1) is 0 Å². The highest BCUT2D eigenvalue weighted by Crippen LogP contribution is 2.32. The summed E-state index contributed by atoms with van der Waals surface area (Å²) in [7, 11) is 1.69. The molecule has 0 amide bonds. The third-order valence-corrected chi connectivity index (χ3v) is 1.94. The maximum atomic E-state index is 12.6. The lowest BCUT2D eigenvalue weighted by Gasteiger charge is -2.08. The Hall–Kier alpha value is -1.98. The van der Waals surface area contributed by atoms with E-state index < -0.39 is 17.3 Å². The zero-order chi connectivity index (χ0) is 12.9. The van der Waals surface area contributed by atoms with E-state index in [0.717, 1.165) is 12.1 Å². The molecule has 0 aliphatic rings. The molecule has 0 aliphatic carbocycles. The quantitative estimate of drug-likeness (QED) is 0.761. The van der Waals surface area contributed by atoms with Crippen LogP contribution in [0.25, 0.3) is 0 Å². The van der Waals surface area contributed by atoms with Crippen molar-refractivity contribution >= 4 is 0 Å². The molecule has 0 bridgehead atoms. The summed E-state index contributed by atoms with van der Waals surface area (Å²) in [5.41, 5.74) is -1.10. The van der Waals surface area contributed by atoms with Crippen LogP contribution in [-0.4, -0.2) is 13.6 Å². The molecular weight excluding hydrogens is 229 g/mol. The molecular formula is C12H9F3N2. The van der Waals surface area contributed by atoms with Gasteiger partial charge in [0.15, 0.2) is 0 Å². The third-order valence-electron chi connectivity index (χ3n) is 1.94. The molecule has 0 radical (unpaired) electrons. The summed E-state index contributed by atoms with van der Waals surface area (Å²) in [6, 6.07) is 4.94. The second-order valence-corrected chi connectivity index (χ2v) is 3.20. The van der Waals surface area contributed by atoms with E-state index in [1.54, 1.807) is 7.05 Å². The monoisotopic (exact) mass is 238 g/mol. The smallest absolute Gasteiger partial charge is 0.309 e. The van der Waals surface area contributed by atoms with Crippen LogP contribution in [-0.2, 0) is 6.18 Å². The van der Waals surface area contributed by atoms with Crippen LogP contribution in [0.15, 0.2) is 18.2 Å². The Morgan fingerprint density at radius 3 is 2.59 bits per heavy atom. The van der Waals surface area contributed by atoms with Crippen LogP contribution in [0.5, 0.6) is 0 Å². The van der Waals surface area contributed by atoms with Crippen LogP contribution < -0.4 is 5.32 Å². The van der Waals surface area contributed by atoms with Crippen LogP contribution in [0.2, 0.25) is 0 Å². The van der Waals surface area contributed by atoms with Gasteiger partial charge < -0.3 is 5.32 Å². The first-order valence-electron chi connectivity index (χ1n) is 4.74. The lowest BCUT2D eigenvalue weighted by Crippen LogP contribution is -2.08. The Bertz CT molecular complexity index is 501. The molecule has 0 atom stereocenters. The van der Waals surface area contributed by atoms with Crippen molar-refractivity contribution < 1.29 is 13.2 Å². The second-order valence-electron chi connectivity index (χ2n) is 3.20. The summed E-state index contributed by atoms with van der Waals surface area (Å²) in [6.07, 6.45) is -4.54. The molecule has 0 fully saturated rings. The predicted octanol–water partition coefficient (Wildman–Crippen LogP) is 2.15. The maximum absolute atomic E-state index is 12.6. The second kappa shape index (κ2) is 5.38. The highest BCUT2D eigenvalue weighted by Gasteiger charge is 2.33. The van der Waals surface area contributed by atoms with Crippen molar-refractivity contribution in [3.05, 3.63) is 34.9 Å². The van der Waals surface area contributed by atoms with Gasteiger partial charge in [-0.05, 0) is 25.2 Å². The number of nitrogens with zero attached hydrogens (tertiary/aromatic N) is 1. The first kappa shape index (κ1) is 13.1. The van der Waals surface area contributed by atoms with E-state index in [1.165, 1.54) is 12.1 Å². The van der Waals surface area contributed by atoms with Crippen LogP contribution in [0.1, 0.15) is 16.7 Å². The van der Waals surface area contributed by atoms with Gasteiger partial charge in [-0.2, -0.15) is 18.4 Å². The van der Waals surface area contributed by atoms with Crippen molar-refractivity contribution in [2.24, 2.45) is 0 Å². The lowest BCUT2D eigenvalue weighted by molar-refractivity contribution is -0.137. The summed E-state index contributed by atoms with van der Waals surface area (Å²) in [4.78, 5) is 0. The summed E-state index contributed by atoms with van der Waals surface area (Å²) < 4.78 is 37.8. The molecule has 0 spiro atoms. The molecule has 1 aromatic rings. The Morgan fingerprint density at radius 1 is 1.35 bits per heavy atom. The maximum Gasteiger partial charge on any atom is 0.417 e. The van der Waals surface area contributed by atoms with E-state index in [2.05, 4.69) is 17.2 Å². The highest BCUT2D eigenvalue weighted by atomic mass is 19.4. The van der Waals surface area contributed by atoms with Crippen molar-refractivity contribution in [1.82, 2.24) is 5.32 Å². The minimum Gasteiger partial charge on any atom is -0.309 e. The zero-order valence-corrected chi connectivity index (χ0v) is 9.02. The fourth-order valence-electron chi connectivity index (χ4n) is 1.19. The average Bonchev–Trinajstić information content (AvgIpc) is 2.28. The molecule has 0 aromatic heterocycles. The van der Waals surface area contributed by atoms with E-state index in [1.807, 2.05) is 0 Å². The molecule has 0 unspecified atom stereocenters. The Morgan fingerprint density at radius 2 is 2.06 bits per heavy atom. The number of rotatable bonds is 1. The molecule has 0 saturated carbocycles. The Labute approximate surface area is 97.1 Å². The molecule has 5 heteroatoms. The van der Waals surface area contributed by atoms with Gasteiger partial charge in [-0.1, -0.05) is 11.8 Å². The van der Waals surface area contributed by atoms with Gasteiger partial charge in [0.1, 0.15) is 0 Å². The van der Waals surface area contributed by atoms with Crippen LogP contribution in [0.3, 0.4) is 0 Å². The van der Waals surface area contributed by atoms with Gasteiger partial charge in [0.05, 0.1) is 23.7 Å². The lowest BCUT2D eigenvalue weighted by atomic mass is 10.0. The number of halogens is 3. The van der Waals surface area contributed by atoms with Gasteiger partial charge in [-0.3, -0.25) is 0 Å². The van der Waals surface area contributed by atoms with E-state index in [0.29, 0.717) is 6.54 Å². The number of nitrogens with one attached hydrogen (secondary N) is 1. The topological polar surface area (TPSA) is 35.8 Å². The number of hydrogen-bond donors (Lipinski definition) is 1. The fraction of sp³-hybridized carbons (Fsp3) is 0.250. The van der Waals surface area contributed by atoms with Crippen molar-refractivity contribution in [2.75, 3.05) is 13.6 Å². The minimum atomic E-state index is -4.54. The minimum absolute atomic E-state index is 0.242. The van der Waals surface area contributed by atoms with Crippen molar-refractivity contribution in [3.63, 3.8) is 0 Å². The van der Waals surface area contributed by atoms with Crippen LogP contribution in [0, 0.1) is 23.2 Å². The van der Waals surface area contributed by atoms with Crippen LogP contribution >= 0.6 is 0 Å². The molecule has 0 aliphatic heterocycles. The molecule has 2 nitrogen and oxygen atoms in total. The summed E-state index contributed by atoms with van der Waals surface area (Å²) in [5.74, 6) is 5.24. The van der Waals surface area contributed by atoms with Gasteiger partial charge in [0, 0.05) is 5.56 Å². The van der Waals surface area contributed by atoms with E-state index in [9.17, 15) is 13.2 Å². The third kappa shape index (κ3) is 3.51. The van der Waals surface area contributed by atoms with E-state index in [4.69, 9.17) is 5.26 Å². The van der Waals surface area contributed by atoms with Crippen molar-refractivity contribution in [3.8, 4) is 17.9 Å². The predicted molar refractivity (Wildman–Crippen MR) is 57.0 cm³/mol. The molecule has 88 valence electrons. The first-order valence-corrected chi connectivity index (χ1v) is 4.74. The Balaban J connectivity index is 3.17. The first-order chi connectivity index (χ1) is 7.99. The summed E-state index contributed by atoms with van der Waals surface area (Å²) >= 11 is 0. The standard InChI is InChI=1S/C12H9F3N2/c1-17-6-2-3-9-4-5-10(8-16)11(7-9)12(13,14)15/h4-5,7,17H,6H2,1H3. The molecule has 17 heavy (non-hydrogen) atoms. The van der Waals surface area contributed by atoms with Crippen molar-refractivity contribution in [2.45, 2.75) is 6.18 Å². The summed E-state index contributed by atoms with van der Waals surface area (Å²) in [6.45, 7) is 0.390. The number of hydrogen-bond acceptors (Lipinski definition) is 2. The highest BCUT2D eigenvalue weighted by molar-refractivity contribution is 5.47. The number of benzene rings is 1. The normalized spacial score (nSPS) is 10.3. The molecule has 1 rings (SSSR count). The fourth-order valence-corrected chi connectivity index (χ4v) is 1.19. The number of nitriles is 1. The van der Waals surface area contributed by atoms with E-state index in [-0.39, 0.29) is 5.56 Å². The molecule has 1 N–H and O–H groups in total. The molecule has 0 heterocycles. The van der Waals surface area contributed by atoms with E-state index >= 15 is 0 Å². The largest absolute Gasteiger partial charge is 0.417 e. The van der Waals surface area contributed by atoms with Gasteiger partial charge in [-0.25, -0.2) is 0 Å². The zero-order valence-electron chi connectivity index (χ0n) is 9.02. The van der Waals surface area contributed by atoms with Crippen LogP contribution in [0.4, 0.5) is 13.2 Å². The Kier molecular flexibility index (Phi) is 4.14.